The van der Waals surface area contributed by atoms with Crippen LogP contribution in [0.15, 0.2) is 27.1 Å². The fourth-order valence-electron chi connectivity index (χ4n) is 1.76. The summed E-state index contributed by atoms with van der Waals surface area (Å²) >= 11 is 7.05. The lowest BCUT2D eigenvalue weighted by molar-refractivity contribution is 0.862. The van der Waals surface area contributed by atoms with Gasteiger partial charge >= 0.3 is 0 Å². The smallest absolute Gasteiger partial charge is 0.144 e. The molecular weight excluding hydrogens is 346 g/mol. The maximum atomic E-state index is 5.53. The first-order chi connectivity index (χ1) is 8.04. The fourth-order valence-corrected chi connectivity index (χ4v) is 2.63. The maximum Gasteiger partial charge on any atom is 0.144 e. The molecule has 0 spiro atoms. The van der Waals surface area contributed by atoms with Crippen LogP contribution in [-0.4, -0.2) is 4.98 Å². The molecule has 0 saturated carbocycles. The minimum absolute atomic E-state index is 0.365. The van der Waals surface area contributed by atoms with Gasteiger partial charge in [0, 0.05) is 14.3 Å². The molecule has 0 aliphatic heterocycles. The third-order valence-electron chi connectivity index (χ3n) is 2.67. The van der Waals surface area contributed by atoms with E-state index in [1.165, 1.54) is 0 Å². The Morgan fingerprint density at radius 1 is 1.24 bits per heavy atom. The van der Waals surface area contributed by atoms with Crippen LogP contribution in [0.25, 0.3) is 10.9 Å². The first-order valence-corrected chi connectivity index (χ1v) is 6.88. The zero-order chi connectivity index (χ0) is 12.6. The van der Waals surface area contributed by atoms with E-state index in [4.69, 9.17) is 5.84 Å². The molecular formula is C12H13Br2N3. The van der Waals surface area contributed by atoms with Gasteiger partial charge in [-0.1, -0.05) is 29.8 Å². The summed E-state index contributed by atoms with van der Waals surface area (Å²) < 4.78 is 2.00. The van der Waals surface area contributed by atoms with E-state index in [9.17, 15) is 0 Å². The highest BCUT2D eigenvalue weighted by Gasteiger charge is 2.12. The number of halogens is 2. The van der Waals surface area contributed by atoms with E-state index >= 15 is 0 Å². The van der Waals surface area contributed by atoms with Crippen molar-refractivity contribution in [1.29, 1.82) is 0 Å². The van der Waals surface area contributed by atoms with Crippen molar-refractivity contribution in [3.8, 4) is 0 Å². The first kappa shape index (κ1) is 12.8. The average molecular weight is 359 g/mol. The quantitative estimate of drug-likeness (QED) is 0.625. The van der Waals surface area contributed by atoms with Crippen molar-refractivity contribution < 1.29 is 0 Å². The second-order valence-electron chi connectivity index (χ2n) is 4.15. The minimum atomic E-state index is 0.365. The lowest BCUT2D eigenvalue weighted by atomic mass is 10.0. The lowest BCUT2D eigenvalue weighted by Gasteiger charge is -2.14. The number of nitrogen functional groups attached to an aromatic ring is 1. The van der Waals surface area contributed by atoms with Crippen LogP contribution in [0, 0.1) is 0 Å². The molecule has 0 unspecified atom stereocenters. The standard InChI is InChI=1S/C12H13Br2N3/c1-6(2)7-5-8-9(13)3-4-10(14)11(8)16-12(7)17-15/h3-6H,15H2,1-2H3,(H,16,17). The molecule has 1 heterocycles. The van der Waals surface area contributed by atoms with Crippen LogP contribution in [0.3, 0.4) is 0 Å². The van der Waals surface area contributed by atoms with E-state index in [1.54, 1.807) is 0 Å². The number of nitrogens with one attached hydrogen (secondary N) is 1. The Bertz CT molecular complexity index is 567. The highest BCUT2D eigenvalue weighted by molar-refractivity contribution is 9.11. The molecule has 2 rings (SSSR count). The van der Waals surface area contributed by atoms with Gasteiger partial charge in [0.15, 0.2) is 0 Å². The van der Waals surface area contributed by atoms with Crippen LogP contribution in [-0.2, 0) is 0 Å². The number of nitrogens with zero attached hydrogens (tertiary/aromatic N) is 1. The highest BCUT2D eigenvalue weighted by Crippen LogP contribution is 2.33. The van der Waals surface area contributed by atoms with Crippen LogP contribution in [0.4, 0.5) is 5.82 Å². The number of benzene rings is 1. The van der Waals surface area contributed by atoms with Crippen molar-refractivity contribution >= 4 is 48.6 Å². The first-order valence-electron chi connectivity index (χ1n) is 5.30. The summed E-state index contributed by atoms with van der Waals surface area (Å²) in [4.78, 5) is 4.56. The molecule has 0 atom stereocenters. The third kappa shape index (κ3) is 2.32. The largest absolute Gasteiger partial charge is 0.308 e. The highest BCUT2D eigenvalue weighted by atomic mass is 79.9. The number of pyridine rings is 1. The third-order valence-corrected chi connectivity index (χ3v) is 4.00. The van der Waals surface area contributed by atoms with Crippen LogP contribution < -0.4 is 11.3 Å². The summed E-state index contributed by atoms with van der Waals surface area (Å²) in [6, 6.07) is 6.10. The molecule has 3 nitrogen and oxygen atoms in total. The minimum Gasteiger partial charge on any atom is -0.308 e. The van der Waals surface area contributed by atoms with Gasteiger partial charge in [0.1, 0.15) is 5.82 Å². The van der Waals surface area contributed by atoms with Crippen molar-refractivity contribution in [2.75, 3.05) is 5.43 Å². The topological polar surface area (TPSA) is 50.9 Å². The van der Waals surface area contributed by atoms with E-state index < -0.39 is 0 Å². The van der Waals surface area contributed by atoms with Gasteiger partial charge in [0.2, 0.25) is 0 Å². The molecule has 0 radical (unpaired) electrons. The molecule has 90 valence electrons. The van der Waals surface area contributed by atoms with Crippen molar-refractivity contribution in [1.82, 2.24) is 4.98 Å². The van der Waals surface area contributed by atoms with Crippen LogP contribution in [0.1, 0.15) is 25.3 Å². The number of fused-ring (bicyclic) bond motifs is 1. The summed E-state index contributed by atoms with van der Waals surface area (Å²) in [6.45, 7) is 4.24. The molecule has 2 aromatic rings. The zero-order valence-corrected chi connectivity index (χ0v) is 12.8. The zero-order valence-electron chi connectivity index (χ0n) is 9.59. The Labute approximate surface area is 117 Å². The van der Waals surface area contributed by atoms with Gasteiger partial charge in [-0.05, 0) is 45.6 Å². The summed E-state index contributed by atoms with van der Waals surface area (Å²) in [5.74, 6) is 6.62. The van der Waals surface area contributed by atoms with Crippen molar-refractivity contribution in [3.05, 3.63) is 32.7 Å². The molecule has 0 aliphatic rings. The molecule has 0 saturated heterocycles. The summed E-state index contributed by atoms with van der Waals surface area (Å²) in [6.07, 6.45) is 0. The summed E-state index contributed by atoms with van der Waals surface area (Å²) in [7, 11) is 0. The molecule has 0 aliphatic carbocycles. The predicted octanol–water partition coefficient (Wildman–Crippen LogP) is 4.17. The molecule has 3 N–H and O–H groups in total. The SMILES string of the molecule is CC(C)c1cc2c(Br)ccc(Br)c2nc1NN. The Morgan fingerprint density at radius 3 is 2.47 bits per heavy atom. The number of anilines is 1. The van der Waals surface area contributed by atoms with E-state index in [2.05, 4.69) is 62.2 Å². The summed E-state index contributed by atoms with van der Waals surface area (Å²) in [5, 5.41) is 1.09. The van der Waals surface area contributed by atoms with Gasteiger partial charge in [-0.15, -0.1) is 0 Å². The van der Waals surface area contributed by atoms with Gasteiger partial charge in [0.25, 0.3) is 0 Å². The van der Waals surface area contributed by atoms with Gasteiger partial charge in [0.05, 0.1) is 5.52 Å². The molecule has 0 amide bonds. The van der Waals surface area contributed by atoms with Gasteiger partial charge in [-0.2, -0.15) is 0 Å². The van der Waals surface area contributed by atoms with Gasteiger partial charge < -0.3 is 5.43 Å². The normalized spacial score (nSPS) is 11.2. The Morgan fingerprint density at radius 2 is 1.88 bits per heavy atom. The molecule has 0 bridgehead atoms. The fraction of sp³-hybridized carbons (Fsp3) is 0.250. The van der Waals surface area contributed by atoms with Gasteiger partial charge in [-0.25, -0.2) is 10.8 Å². The Hall–Kier alpha value is -0.650. The van der Waals surface area contributed by atoms with E-state index in [1.807, 2.05) is 12.1 Å². The number of hydrogen-bond donors (Lipinski definition) is 2. The van der Waals surface area contributed by atoms with Crippen LogP contribution >= 0.6 is 31.9 Å². The van der Waals surface area contributed by atoms with Crippen molar-refractivity contribution in [2.24, 2.45) is 5.84 Å². The van der Waals surface area contributed by atoms with E-state index in [-0.39, 0.29) is 0 Å². The van der Waals surface area contributed by atoms with Crippen LogP contribution in [0.5, 0.6) is 0 Å². The monoisotopic (exact) mass is 357 g/mol. The molecule has 1 aromatic carbocycles. The number of nitrogens with two attached hydrogens (primary N) is 1. The second-order valence-corrected chi connectivity index (χ2v) is 5.86. The number of hydrazine groups is 1. The van der Waals surface area contributed by atoms with E-state index in [0.717, 1.165) is 31.2 Å². The van der Waals surface area contributed by atoms with E-state index in [0.29, 0.717) is 5.92 Å². The molecule has 0 fully saturated rings. The summed E-state index contributed by atoms with van der Waals surface area (Å²) in [5.41, 5.74) is 4.68. The Balaban J connectivity index is 2.83. The Kier molecular flexibility index (Phi) is 3.70. The number of hydrogen-bond acceptors (Lipinski definition) is 3. The van der Waals surface area contributed by atoms with Gasteiger partial charge in [-0.3, -0.25) is 0 Å². The molecule has 17 heavy (non-hydrogen) atoms. The lowest BCUT2D eigenvalue weighted by Crippen LogP contribution is -2.12. The average Bonchev–Trinajstić information content (AvgIpc) is 2.32. The predicted molar refractivity (Wildman–Crippen MR) is 79.0 cm³/mol. The number of rotatable bonds is 2. The molecule has 5 heteroatoms. The maximum absolute atomic E-state index is 5.53. The number of aromatic nitrogens is 1. The van der Waals surface area contributed by atoms with Crippen molar-refractivity contribution in [2.45, 2.75) is 19.8 Å². The van der Waals surface area contributed by atoms with Crippen LogP contribution in [0.2, 0.25) is 0 Å². The molecule has 1 aromatic heterocycles. The second kappa shape index (κ2) is 4.92. The van der Waals surface area contributed by atoms with Crippen molar-refractivity contribution in [3.63, 3.8) is 0 Å².